The minimum absolute atomic E-state index is 0.151. The van der Waals surface area contributed by atoms with Gasteiger partial charge in [0.15, 0.2) is 0 Å². The lowest BCUT2D eigenvalue weighted by atomic mass is 9.90. The fourth-order valence-corrected chi connectivity index (χ4v) is 2.40. The summed E-state index contributed by atoms with van der Waals surface area (Å²) in [5, 5.41) is 10.6. The van der Waals surface area contributed by atoms with E-state index in [9.17, 15) is 10.1 Å². The molecule has 1 aliphatic heterocycles. The maximum atomic E-state index is 10.6. The Hall–Kier alpha value is -1.68. The highest BCUT2D eigenvalue weighted by molar-refractivity contribution is 5.70. The van der Waals surface area contributed by atoms with Crippen molar-refractivity contribution in [2.75, 3.05) is 13.6 Å². The molecule has 1 heterocycles. The first-order chi connectivity index (χ1) is 8.49. The maximum absolute atomic E-state index is 10.6. The molecular formula is C14H18N2O2. The van der Waals surface area contributed by atoms with Gasteiger partial charge in [-0.15, -0.1) is 0 Å². The number of nitrogens with zero attached hydrogens (tertiary/aromatic N) is 2. The third-order valence-corrected chi connectivity index (χ3v) is 3.68. The van der Waals surface area contributed by atoms with Gasteiger partial charge in [0.1, 0.15) is 0 Å². The first kappa shape index (κ1) is 12.8. The Bertz CT molecular complexity index is 491. The summed E-state index contributed by atoms with van der Waals surface area (Å²) in [6, 6.07) is 7.39. The van der Waals surface area contributed by atoms with E-state index in [2.05, 4.69) is 25.8 Å². The van der Waals surface area contributed by atoms with Gasteiger partial charge in [-0.3, -0.25) is 15.0 Å². The van der Waals surface area contributed by atoms with E-state index in [4.69, 9.17) is 0 Å². The van der Waals surface area contributed by atoms with Crippen molar-refractivity contribution in [2.45, 2.75) is 26.3 Å². The van der Waals surface area contributed by atoms with E-state index in [1.165, 1.54) is 11.1 Å². The number of nitro benzene ring substituents is 1. The summed E-state index contributed by atoms with van der Waals surface area (Å²) in [5.41, 5.74) is 3.94. The van der Waals surface area contributed by atoms with Crippen LogP contribution in [0.3, 0.4) is 0 Å². The number of hydrogen-bond donors (Lipinski definition) is 0. The van der Waals surface area contributed by atoms with Crippen LogP contribution in [-0.4, -0.2) is 29.5 Å². The number of rotatable bonds is 2. The van der Waals surface area contributed by atoms with Gasteiger partial charge in [0.2, 0.25) is 0 Å². The molecule has 0 saturated carbocycles. The van der Waals surface area contributed by atoms with Crippen LogP contribution in [0.25, 0.3) is 5.57 Å². The van der Waals surface area contributed by atoms with E-state index in [-0.39, 0.29) is 10.6 Å². The lowest BCUT2D eigenvalue weighted by molar-refractivity contribution is -0.384. The van der Waals surface area contributed by atoms with Crippen LogP contribution in [0, 0.1) is 10.1 Å². The van der Waals surface area contributed by atoms with Crippen molar-refractivity contribution < 1.29 is 4.92 Å². The number of non-ortho nitro benzene ring substituents is 1. The van der Waals surface area contributed by atoms with Gasteiger partial charge in [-0.1, -0.05) is 5.57 Å². The zero-order valence-corrected chi connectivity index (χ0v) is 11.0. The van der Waals surface area contributed by atoms with E-state index < -0.39 is 0 Å². The van der Waals surface area contributed by atoms with Crippen LogP contribution in [-0.2, 0) is 0 Å². The van der Waals surface area contributed by atoms with Gasteiger partial charge in [0, 0.05) is 24.7 Å². The van der Waals surface area contributed by atoms with Gasteiger partial charge in [-0.25, -0.2) is 0 Å². The predicted octanol–water partition coefficient (Wildman–Crippen LogP) is 3.09. The Kier molecular flexibility index (Phi) is 3.48. The summed E-state index contributed by atoms with van der Waals surface area (Å²) in [6.45, 7) is 5.31. The highest BCUT2D eigenvalue weighted by Gasteiger charge is 2.21. The molecule has 0 fully saturated rings. The van der Waals surface area contributed by atoms with E-state index in [1.54, 1.807) is 12.1 Å². The largest absolute Gasteiger partial charge is 0.299 e. The van der Waals surface area contributed by atoms with E-state index in [0.717, 1.165) is 18.5 Å². The maximum Gasteiger partial charge on any atom is 0.269 e. The van der Waals surface area contributed by atoms with Crippen molar-refractivity contribution >= 4 is 11.3 Å². The minimum Gasteiger partial charge on any atom is -0.299 e. The Morgan fingerprint density at radius 2 is 1.94 bits per heavy atom. The lowest BCUT2D eigenvalue weighted by Gasteiger charge is -2.32. The molecule has 0 saturated heterocycles. The lowest BCUT2D eigenvalue weighted by Crippen LogP contribution is -2.34. The van der Waals surface area contributed by atoms with Crippen molar-refractivity contribution in [1.29, 1.82) is 0 Å². The van der Waals surface area contributed by atoms with Crippen LogP contribution in [0.2, 0.25) is 0 Å². The molecule has 0 aromatic heterocycles. The number of likely N-dealkylation sites (N-methyl/N-ethyl adjacent to an activating group) is 1. The van der Waals surface area contributed by atoms with Gasteiger partial charge in [0.05, 0.1) is 4.92 Å². The summed E-state index contributed by atoms with van der Waals surface area (Å²) in [5.74, 6) is 0. The second-order valence-corrected chi connectivity index (χ2v) is 5.03. The number of nitro groups is 1. The SMILES string of the molecule is CC1=C(c2ccc([N+](=O)[O-])cc2)CC(C)N(C)C1. The van der Waals surface area contributed by atoms with Crippen molar-refractivity contribution in [3.05, 3.63) is 45.5 Å². The standard InChI is InChI=1S/C14H18N2O2/c1-10-9-15(3)11(2)8-14(10)12-4-6-13(7-5-12)16(17)18/h4-7,11H,8-9H2,1-3H3. The molecule has 18 heavy (non-hydrogen) atoms. The van der Waals surface area contributed by atoms with Gasteiger partial charge in [0.25, 0.3) is 5.69 Å². The molecule has 0 spiro atoms. The van der Waals surface area contributed by atoms with Gasteiger partial charge in [-0.2, -0.15) is 0 Å². The van der Waals surface area contributed by atoms with E-state index >= 15 is 0 Å². The molecule has 1 aliphatic rings. The van der Waals surface area contributed by atoms with Crippen molar-refractivity contribution in [3.8, 4) is 0 Å². The second kappa shape index (κ2) is 4.90. The van der Waals surface area contributed by atoms with E-state index in [0.29, 0.717) is 6.04 Å². The molecule has 1 unspecified atom stereocenters. The summed E-state index contributed by atoms with van der Waals surface area (Å²) >= 11 is 0. The van der Waals surface area contributed by atoms with Crippen LogP contribution >= 0.6 is 0 Å². The molecule has 0 N–H and O–H groups in total. The van der Waals surface area contributed by atoms with Gasteiger partial charge in [-0.05, 0) is 50.6 Å². The molecule has 1 aromatic rings. The average molecular weight is 246 g/mol. The Morgan fingerprint density at radius 3 is 2.50 bits per heavy atom. The van der Waals surface area contributed by atoms with Crippen molar-refractivity contribution in [3.63, 3.8) is 0 Å². The van der Waals surface area contributed by atoms with Crippen LogP contribution in [0.15, 0.2) is 29.8 Å². The normalized spacial score (nSPS) is 21.2. The van der Waals surface area contributed by atoms with Crippen LogP contribution in [0.1, 0.15) is 25.8 Å². The summed E-state index contributed by atoms with van der Waals surface area (Å²) in [4.78, 5) is 12.6. The first-order valence-corrected chi connectivity index (χ1v) is 6.12. The monoisotopic (exact) mass is 246 g/mol. The Labute approximate surface area is 107 Å². The van der Waals surface area contributed by atoms with Gasteiger partial charge >= 0.3 is 0 Å². The molecule has 0 amide bonds. The Morgan fingerprint density at radius 1 is 1.33 bits per heavy atom. The molecule has 1 aromatic carbocycles. The first-order valence-electron chi connectivity index (χ1n) is 6.12. The zero-order chi connectivity index (χ0) is 13.3. The molecule has 2 rings (SSSR count). The molecule has 0 bridgehead atoms. The summed E-state index contributed by atoms with van der Waals surface area (Å²) in [6.07, 6.45) is 1.00. The van der Waals surface area contributed by atoms with Crippen molar-refractivity contribution in [2.24, 2.45) is 0 Å². The highest BCUT2D eigenvalue weighted by atomic mass is 16.6. The van der Waals surface area contributed by atoms with Crippen LogP contribution in [0.4, 0.5) is 5.69 Å². The third-order valence-electron chi connectivity index (χ3n) is 3.68. The summed E-state index contributed by atoms with van der Waals surface area (Å²) < 4.78 is 0. The van der Waals surface area contributed by atoms with E-state index in [1.807, 2.05) is 12.1 Å². The number of benzene rings is 1. The molecule has 0 aliphatic carbocycles. The van der Waals surface area contributed by atoms with Crippen molar-refractivity contribution in [1.82, 2.24) is 4.90 Å². The highest BCUT2D eigenvalue weighted by Crippen LogP contribution is 2.30. The molecule has 1 atom stereocenters. The fraction of sp³-hybridized carbons (Fsp3) is 0.429. The molecule has 96 valence electrons. The predicted molar refractivity (Wildman–Crippen MR) is 72.4 cm³/mol. The topological polar surface area (TPSA) is 46.4 Å². The molecule has 4 heteroatoms. The second-order valence-electron chi connectivity index (χ2n) is 5.03. The smallest absolute Gasteiger partial charge is 0.269 e. The zero-order valence-electron chi connectivity index (χ0n) is 11.0. The quantitative estimate of drug-likeness (QED) is 0.595. The Balaban J connectivity index is 2.31. The average Bonchev–Trinajstić information content (AvgIpc) is 2.34. The fourth-order valence-electron chi connectivity index (χ4n) is 2.40. The van der Waals surface area contributed by atoms with Gasteiger partial charge < -0.3 is 0 Å². The molecule has 0 radical (unpaired) electrons. The van der Waals surface area contributed by atoms with Crippen LogP contribution < -0.4 is 0 Å². The number of hydrogen-bond acceptors (Lipinski definition) is 3. The minimum atomic E-state index is -0.359. The van der Waals surface area contributed by atoms with Crippen LogP contribution in [0.5, 0.6) is 0 Å². The third kappa shape index (κ3) is 2.43. The molecular weight excluding hydrogens is 228 g/mol. The molecule has 4 nitrogen and oxygen atoms in total. The summed E-state index contributed by atoms with van der Waals surface area (Å²) in [7, 11) is 2.13.